The van der Waals surface area contributed by atoms with Crippen LogP contribution in [0.5, 0.6) is 0 Å². The molecule has 1 aliphatic heterocycles. The predicted octanol–water partition coefficient (Wildman–Crippen LogP) is 4.27. The van der Waals surface area contributed by atoms with E-state index in [9.17, 15) is 9.59 Å². The highest BCUT2D eigenvalue weighted by Crippen LogP contribution is 2.57. The van der Waals surface area contributed by atoms with E-state index in [2.05, 4.69) is 38.2 Å². The van der Waals surface area contributed by atoms with Crippen molar-refractivity contribution in [1.29, 1.82) is 0 Å². The first-order chi connectivity index (χ1) is 22.9. The monoisotopic (exact) mass is 718 g/mol. The number of nitrogens with one attached hydrogen (secondary N) is 4. The van der Waals surface area contributed by atoms with Crippen LogP contribution in [0.2, 0.25) is 0 Å². The number of benzene rings is 2. The molecule has 2 aromatic rings. The number of amides is 2. The summed E-state index contributed by atoms with van der Waals surface area (Å²) in [5.41, 5.74) is 13.7. The molecule has 1 saturated heterocycles. The number of halogens is 2. The average Bonchev–Trinajstić information content (AvgIpc) is 3.77. The molecule has 0 aromatic heterocycles. The van der Waals surface area contributed by atoms with Crippen molar-refractivity contribution in [1.82, 2.24) is 10.6 Å². The van der Waals surface area contributed by atoms with Crippen LogP contribution >= 0.6 is 24.8 Å². The van der Waals surface area contributed by atoms with Crippen molar-refractivity contribution in [3.63, 3.8) is 0 Å². The van der Waals surface area contributed by atoms with Gasteiger partial charge in [-0.05, 0) is 43.5 Å². The van der Waals surface area contributed by atoms with E-state index in [1.807, 2.05) is 60.7 Å². The third-order valence-corrected chi connectivity index (χ3v) is 9.27. The maximum Gasteiger partial charge on any atom is 0.224 e. The first-order valence-electron chi connectivity index (χ1n) is 17.0. The van der Waals surface area contributed by atoms with E-state index in [0.29, 0.717) is 32.6 Å². The summed E-state index contributed by atoms with van der Waals surface area (Å²) in [5, 5.41) is 12.1. The van der Waals surface area contributed by atoms with E-state index in [1.54, 1.807) is 0 Å². The number of ether oxygens (including phenoxy) is 2. The van der Waals surface area contributed by atoms with Gasteiger partial charge in [-0.3, -0.25) is 19.6 Å². The largest absolute Gasteiger partial charge is 0.370 e. The Morgan fingerprint density at radius 2 is 1.16 bits per heavy atom. The van der Waals surface area contributed by atoms with Crippen molar-refractivity contribution >= 4 is 59.9 Å². The molecule has 8 N–H and O–H groups in total. The van der Waals surface area contributed by atoms with Gasteiger partial charge in [-0.2, -0.15) is 0 Å². The van der Waals surface area contributed by atoms with Crippen LogP contribution in [0.3, 0.4) is 0 Å². The van der Waals surface area contributed by atoms with Crippen LogP contribution in [0.25, 0.3) is 0 Å². The molecule has 2 bridgehead atoms. The van der Waals surface area contributed by atoms with Gasteiger partial charge in [0.05, 0.1) is 37.1 Å². The zero-order valence-electron chi connectivity index (χ0n) is 28.1. The Morgan fingerprint density at radius 1 is 0.714 bits per heavy atom. The number of hydrogen-bond donors (Lipinski definition) is 6. The number of para-hydroxylation sites is 2. The van der Waals surface area contributed by atoms with Gasteiger partial charge in [0.25, 0.3) is 0 Å². The lowest BCUT2D eigenvalue weighted by atomic mass is 9.75. The molecular formula is C35H52Cl2N8O4. The summed E-state index contributed by atoms with van der Waals surface area (Å²) in [6.45, 7) is 3.41. The minimum Gasteiger partial charge on any atom is -0.370 e. The molecule has 7 atom stereocenters. The predicted molar refractivity (Wildman–Crippen MR) is 199 cm³/mol. The van der Waals surface area contributed by atoms with Crippen molar-refractivity contribution in [2.75, 3.05) is 36.8 Å². The number of aliphatic imine (C=N–C) groups is 2. The number of nitrogens with two attached hydrogens (primary N) is 2. The van der Waals surface area contributed by atoms with E-state index in [4.69, 9.17) is 20.9 Å². The van der Waals surface area contributed by atoms with Crippen LogP contribution in [0.1, 0.15) is 51.9 Å². The molecule has 2 aromatic carbocycles. The maximum atomic E-state index is 13.7. The molecule has 12 nitrogen and oxygen atoms in total. The SMILES string of the molecule is CCCCCCCC1OC2C(O1)[C@@H]1C[C@H]2C(C(=O)NCCN=C(N)Nc2ccccc2)C1C(=O)NCCN=C(N)Nc1ccccc1.Cl.Cl. The number of hydrogen-bond acceptors (Lipinski definition) is 6. The number of carbonyl (C=O) groups excluding carboxylic acids is 2. The van der Waals surface area contributed by atoms with Gasteiger partial charge in [0.15, 0.2) is 18.2 Å². The standard InChI is InChI=1S/C35H50N8O4.2ClH/c1-2-3-4-5-12-17-27-46-30-25-22-26(31(30)47-27)29(33(45)39-19-21-41-35(37)43-24-15-10-7-11-16-24)28(25)32(44)38-18-20-40-34(36)42-23-13-8-6-9-14-23;;/h6-11,13-16,25-31H,2-5,12,17-22H2,1H3,(H,38,44)(H,39,45)(H3,36,40,42)(H3,37,41,43);2*1H/t25-,26+,27?,28?,29?,30?,31?;;. The van der Waals surface area contributed by atoms with Crippen LogP contribution in [-0.2, 0) is 19.1 Å². The Hall–Kier alpha value is -3.58. The van der Waals surface area contributed by atoms with Crippen molar-refractivity contribution in [3.8, 4) is 0 Å². The van der Waals surface area contributed by atoms with E-state index in [-0.39, 0.29) is 78.9 Å². The fourth-order valence-corrected chi connectivity index (χ4v) is 7.17. The Kier molecular flexibility index (Phi) is 16.4. The van der Waals surface area contributed by atoms with Gasteiger partial charge >= 0.3 is 0 Å². The van der Waals surface area contributed by atoms with Gasteiger partial charge in [-0.25, -0.2) is 0 Å². The lowest BCUT2D eigenvalue weighted by Crippen LogP contribution is -2.52. The van der Waals surface area contributed by atoms with Crippen LogP contribution in [0.4, 0.5) is 11.4 Å². The lowest BCUT2D eigenvalue weighted by molar-refractivity contribution is -0.140. The molecule has 270 valence electrons. The molecule has 2 amide bonds. The second kappa shape index (κ2) is 20.2. The molecule has 14 heteroatoms. The van der Waals surface area contributed by atoms with Gasteiger partial charge in [0.1, 0.15) is 0 Å². The number of rotatable bonds is 16. The van der Waals surface area contributed by atoms with Gasteiger partial charge in [-0.1, -0.05) is 69.0 Å². The highest BCUT2D eigenvalue weighted by molar-refractivity contribution is 5.93. The van der Waals surface area contributed by atoms with Crippen molar-refractivity contribution in [3.05, 3.63) is 60.7 Å². The van der Waals surface area contributed by atoms with E-state index < -0.39 is 11.8 Å². The van der Waals surface area contributed by atoms with Crippen molar-refractivity contribution in [2.24, 2.45) is 45.1 Å². The van der Waals surface area contributed by atoms with Crippen LogP contribution in [0, 0.1) is 23.7 Å². The number of anilines is 2. The molecule has 49 heavy (non-hydrogen) atoms. The van der Waals surface area contributed by atoms with Crippen LogP contribution in [0.15, 0.2) is 70.6 Å². The Morgan fingerprint density at radius 3 is 1.61 bits per heavy atom. The molecule has 3 aliphatic rings. The minimum atomic E-state index is -0.523. The summed E-state index contributed by atoms with van der Waals surface area (Å²) < 4.78 is 12.8. The number of unbranched alkanes of at least 4 members (excludes halogenated alkanes) is 4. The van der Waals surface area contributed by atoms with Gasteiger partial charge in [-0.15, -0.1) is 24.8 Å². The summed E-state index contributed by atoms with van der Waals surface area (Å²) in [6, 6.07) is 19.0. The molecule has 5 unspecified atom stereocenters. The van der Waals surface area contributed by atoms with Crippen LogP contribution < -0.4 is 32.7 Å². The molecule has 5 rings (SSSR count). The van der Waals surface area contributed by atoms with Crippen LogP contribution in [-0.4, -0.2) is 68.4 Å². The Labute approximate surface area is 301 Å². The normalized spacial score (nSPS) is 25.4. The highest BCUT2D eigenvalue weighted by Gasteiger charge is 2.66. The molecule has 0 radical (unpaired) electrons. The minimum absolute atomic E-state index is 0. The summed E-state index contributed by atoms with van der Waals surface area (Å²) in [7, 11) is 0. The third kappa shape index (κ3) is 11.0. The summed E-state index contributed by atoms with van der Waals surface area (Å²) >= 11 is 0. The zero-order chi connectivity index (χ0) is 33.0. The number of carbonyl (C=O) groups is 2. The third-order valence-electron chi connectivity index (χ3n) is 9.27. The molecule has 2 saturated carbocycles. The molecule has 3 fully saturated rings. The van der Waals surface area contributed by atoms with E-state index in [0.717, 1.165) is 30.6 Å². The van der Waals surface area contributed by atoms with Gasteiger partial charge in [0, 0.05) is 36.3 Å². The molecule has 2 aliphatic carbocycles. The van der Waals surface area contributed by atoms with E-state index >= 15 is 0 Å². The first kappa shape index (κ1) is 39.9. The fourth-order valence-electron chi connectivity index (χ4n) is 7.17. The zero-order valence-corrected chi connectivity index (χ0v) is 29.7. The molecule has 1 heterocycles. The van der Waals surface area contributed by atoms with Crippen molar-refractivity contribution in [2.45, 2.75) is 70.4 Å². The van der Waals surface area contributed by atoms with Gasteiger partial charge in [0.2, 0.25) is 11.8 Å². The topological polar surface area (TPSA) is 177 Å². The second-order valence-corrected chi connectivity index (χ2v) is 12.5. The Balaban J connectivity index is 0.00000325. The lowest BCUT2D eigenvalue weighted by Gasteiger charge is -2.34. The number of guanidine groups is 2. The molecule has 0 spiro atoms. The summed E-state index contributed by atoms with van der Waals surface area (Å²) in [5.74, 6) is -1.03. The smallest absolute Gasteiger partial charge is 0.224 e. The molecular weight excluding hydrogens is 667 g/mol. The first-order valence-corrected chi connectivity index (χ1v) is 17.0. The number of nitrogens with zero attached hydrogens (tertiary/aromatic N) is 2. The quantitative estimate of drug-likeness (QED) is 0.0847. The average molecular weight is 720 g/mol. The van der Waals surface area contributed by atoms with Gasteiger partial charge < -0.3 is 42.2 Å². The maximum absolute atomic E-state index is 13.7. The fraction of sp³-hybridized carbons (Fsp3) is 0.543. The second-order valence-electron chi connectivity index (χ2n) is 12.5. The van der Waals surface area contributed by atoms with E-state index in [1.165, 1.54) is 19.3 Å². The summed E-state index contributed by atoms with van der Waals surface area (Å²) in [6.07, 6.45) is 6.73. The van der Waals surface area contributed by atoms with Crippen molar-refractivity contribution < 1.29 is 19.1 Å². The Bertz CT molecular complexity index is 1270. The highest BCUT2D eigenvalue weighted by atomic mass is 35.5. The summed E-state index contributed by atoms with van der Waals surface area (Å²) in [4.78, 5) is 36.1. The number of fused-ring (bicyclic) bond motifs is 5.